The second-order valence-electron chi connectivity index (χ2n) is 3.21. The van der Waals surface area contributed by atoms with Crippen LogP contribution in [0.5, 0.6) is 0 Å². The minimum absolute atomic E-state index is 0.0333. The number of carbonyl (C=O) groups excluding carboxylic acids is 1. The Labute approximate surface area is 75.3 Å². The highest BCUT2D eigenvalue weighted by Gasteiger charge is 2.35. The molecule has 1 heterocycles. The van der Waals surface area contributed by atoms with Crippen molar-refractivity contribution in [3.63, 3.8) is 0 Å². The molecule has 1 amide bonds. The third kappa shape index (κ3) is 2.91. The first kappa shape index (κ1) is 10.4. The fourth-order valence-corrected chi connectivity index (χ4v) is 1.34. The fraction of sp³-hybridized carbons (Fsp3) is 0.875. The molecule has 0 aromatic heterocycles. The number of piperidine rings is 1. The van der Waals surface area contributed by atoms with Gasteiger partial charge < -0.3 is 10.0 Å². The highest BCUT2D eigenvalue weighted by atomic mass is 19.3. The van der Waals surface area contributed by atoms with E-state index in [0.717, 1.165) is 0 Å². The van der Waals surface area contributed by atoms with E-state index in [4.69, 9.17) is 5.11 Å². The lowest BCUT2D eigenvalue weighted by molar-refractivity contribution is -0.137. The Morgan fingerprint density at radius 3 is 2.38 bits per heavy atom. The average Bonchev–Trinajstić information content (AvgIpc) is 2.04. The number of likely N-dealkylation sites (tertiary alicyclic amines) is 1. The first-order chi connectivity index (χ1) is 6.05. The summed E-state index contributed by atoms with van der Waals surface area (Å²) in [5.74, 6) is -2.85. The molecule has 0 spiro atoms. The van der Waals surface area contributed by atoms with Crippen molar-refractivity contribution in [2.45, 2.75) is 25.2 Å². The van der Waals surface area contributed by atoms with E-state index in [9.17, 15) is 13.6 Å². The number of nitrogens with zero attached hydrogens (tertiary/aromatic N) is 1. The number of alkyl halides is 2. The van der Waals surface area contributed by atoms with Gasteiger partial charge in [-0.25, -0.2) is 8.78 Å². The number of aliphatic hydroxyl groups excluding tert-OH is 1. The molecule has 1 rings (SSSR count). The van der Waals surface area contributed by atoms with E-state index in [1.54, 1.807) is 0 Å². The van der Waals surface area contributed by atoms with Crippen LogP contribution in [0, 0.1) is 0 Å². The SMILES string of the molecule is O=C(CCO)N1CCC(F)(F)CC1. The van der Waals surface area contributed by atoms with Crippen molar-refractivity contribution < 1.29 is 18.7 Å². The molecule has 1 saturated heterocycles. The van der Waals surface area contributed by atoms with Crippen molar-refractivity contribution in [2.75, 3.05) is 19.7 Å². The summed E-state index contributed by atoms with van der Waals surface area (Å²) in [6.45, 7) is -0.0105. The molecule has 0 radical (unpaired) electrons. The Hall–Kier alpha value is -0.710. The van der Waals surface area contributed by atoms with Gasteiger partial charge in [0.05, 0.1) is 6.61 Å². The molecule has 1 fully saturated rings. The van der Waals surface area contributed by atoms with Crippen molar-refractivity contribution >= 4 is 5.91 Å². The highest BCUT2D eigenvalue weighted by molar-refractivity contribution is 5.76. The zero-order chi connectivity index (χ0) is 9.90. The van der Waals surface area contributed by atoms with Crippen molar-refractivity contribution in [3.8, 4) is 0 Å². The summed E-state index contributed by atoms with van der Waals surface area (Å²) in [7, 11) is 0. The second-order valence-corrected chi connectivity index (χ2v) is 3.21. The van der Waals surface area contributed by atoms with Crippen LogP contribution in [0.3, 0.4) is 0 Å². The highest BCUT2D eigenvalue weighted by Crippen LogP contribution is 2.27. The second kappa shape index (κ2) is 4.00. The number of aliphatic hydroxyl groups is 1. The summed E-state index contributed by atoms with van der Waals surface area (Å²) in [6, 6.07) is 0. The number of amides is 1. The summed E-state index contributed by atoms with van der Waals surface area (Å²) in [6.07, 6.45) is -0.486. The van der Waals surface area contributed by atoms with Crippen LogP contribution in [0.15, 0.2) is 0 Å². The van der Waals surface area contributed by atoms with E-state index in [2.05, 4.69) is 0 Å². The molecule has 0 bridgehead atoms. The monoisotopic (exact) mass is 193 g/mol. The minimum atomic E-state index is -2.62. The summed E-state index contributed by atoms with van der Waals surface area (Å²) in [4.78, 5) is 12.5. The quantitative estimate of drug-likeness (QED) is 0.698. The number of hydrogen-bond acceptors (Lipinski definition) is 2. The first-order valence-electron chi connectivity index (χ1n) is 4.32. The van der Waals surface area contributed by atoms with Crippen LogP contribution < -0.4 is 0 Å². The molecule has 1 aliphatic heterocycles. The summed E-state index contributed by atoms with van der Waals surface area (Å²) in [5.41, 5.74) is 0. The number of rotatable bonds is 2. The smallest absolute Gasteiger partial charge is 0.251 e. The number of halogens is 2. The molecule has 0 unspecified atom stereocenters. The third-order valence-electron chi connectivity index (χ3n) is 2.17. The molecule has 0 aromatic carbocycles. The number of carbonyl (C=O) groups is 1. The predicted octanol–water partition coefficient (Wildman–Crippen LogP) is 0.626. The lowest BCUT2D eigenvalue weighted by atomic mass is 10.1. The molecule has 0 atom stereocenters. The van der Waals surface area contributed by atoms with E-state index in [1.165, 1.54) is 4.90 Å². The van der Waals surface area contributed by atoms with Gasteiger partial charge in [0.25, 0.3) is 5.92 Å². The van der Waals surface area contributed by atoms with Crippen LogP contribution in [0.1, 0.15) is 19.3 Å². The molecule has 76 valence electrons. The first-order valence-corrected chi connectivity index (χ1v) is 4.32. The van der Waals surface area contributed by atoms with E-state index < -0.39 is 5.92 Å². The molecule has 0 aliphatic carbocycles. The molecule has 5 heteroatoms. The molecular weight excluding hydrogens is 180 g/mol. The van der Waals surface area contributed by atoms with Gasteiger partial charge in [0.2, 0.25) is 5.91 Å². The predicted molar refractivity (Wildman–Crippen MR) is 42.5 cm³/mol. The van der Waals surface area contributed by atoms with E-state index >= 15 is 0 Å². The molecule has 0 saturated carbocycles. The van der Waals surface area contributed by atoms with Crippen molar-refractivity contribution in [1.82, 2.24) is 4.90 Å². The van der Waals surface area contributed by atoms with Crippen molar-refractivity contribution in [3.05, 3.63) is 0 Å². The molecular formula is C8H13F2NO2. The summed E-state index contributed by atoms with van der Waals surface area (Å²) >= 11 is 0. The zero-order valence-electron chi connectivity index (χ0n) is 7.30. The molecule has 0 aromatic rings. The minimum Gasteiger partial charge on any atom is -0.396 e. The van der Waals surface area contributed by atoms with Gasteiger partial charge in [-0.1, -0.05) is 0 Å². The zero-order valence-corrected chi connectivity index (χ0v) is 7.30. The molecule has 1 N–H and O–H groups in total. The lowest BCUT2D eigenvalue weighted by Gasteiger charge is -2.31. The van der Waals surface area contributed by atoms with Gasteiger partial charge in [-0.05, 0) is 0 Å². The largest absolute Gasteiger partial charge is 0.396 e. The number of hydrogen-bond donors (Lipinski definition) is 1. The van der Waals surface area contributed by atoms with Gasteiger partial charge in [0.1, 0.15) is 0 Å². The van der Waals surface area contributed by atoms with E-state index in [0.29, 0.717) is 0 Å². The van der Waals surface area contributed by atoms with Gasteiger partial charge in [-0.3, -0.25) is 4.79 Å². The van der Waals surface area contributed by atoms with E-state index in [1.807, 2.05) is 0 Å². The van der Waals surface area contributed by atoms with Gasteiger partial charge in [-0.15, -0.1) is 0 Å². The Morgan fingerprint density at radius 1 is 1.38 bits per heavy atom. The van der Waals surface area contributed by atoms with Crippen LogP contribution in [0.2, 0.25) is 0 Å². The van der Waals surface area contributed by atoms with Crippen LogP contribution in [-0.2, 0) is 4.79 Å². The molecule has 13 heavy (non-hydrogen) atoms. The van der Waals surface area contributed by atoms with Crippen LogP contribution in [0.25, 0.3) is 0 Å². The van der Waals surface area contributed by atoms with Crippen LogP contribution in [-0.4, -0.2) is 41.5 Å². The van der Waals surface area contributed by atoms with Crippen LogP contribution >= 0.6 is 0 Å². The van der Waals surface area contributed by atoms with Gasteiger partial charge in [0.15, 0.2) is 0 Å². The van der Waals surface area contributed by atoms with Crippen molar-refractivity contribution in [1.29, 1.82) is 0 Å². The Bertz CT molecular complexity index is 187. The summed E-state index contributed by atoms with van der Waals surface area (Å²) in [5, 5.41) is 8.47. The lowest BCUT2D eigenvalue weighted by Crippen LogP contribution is -2.42. The van der Waals surface area contributed by atoms with Crippen LogP contribution in [0.4, 0.5) is 8.78 Å². The van der Waals surface area contributed by atoms with Crippen molar-refractivity contribution in [2.24, 2.45) is 0 Å². The maximum absolute atomic E-state index is 12.6. The topological polar surface area (TPSA) is 40.5 Å². The van der Waals surface area contributed by atoms with E-state index in [-0.39, 0.29) is 44.9 Å². The van der Waals surface area contributed by atoms with Gasteiger partial charge >= 0.3 is 0 Å². The Morgan fingerprint density at radius 2 is 1.92 bits per heavy atom. The Balaban J connectivity index is 2.36. The standard InChI is InChI=1S/C8H13F2NO2/c9-8(10)2-4-11(5-3-8)7(13)1-6-12/h12H,1-6H2. The molecule has 3 nitrogen and oxygen atoms in total. The fourth-order valence-electron chi connectivity index (χ4n) is 1.34. The average molecular weight is 193 g/mol. The summed E-state index contributed by atoms with van der Waals surface area (Å²) < 4.78 is 25.3. The molecule has 1 aliphatic rings. The Kier molecular flexibility index (Phi) is 3.19. The van der Waals surface area contributed by atoms with Gasteiger partial charge in [-0.2, -0.15) is 0 Å². The third-order valence-corrected chi connectivity index (χ3v) is 2.17. The normalized spacial score (nSPS) is 21.6. The van der Waals surface area contributed by atoms with Gasteiger partial charge in [0, 0.05) is 32.4 Å². The maximum Gasteiger partial charge on any atom is 0.251 e. The maximum atomic E-state index is 12.6.